The van der Waals surface area contributed by atoms with Gasteiger partial charge in [-0.2, -0.15) is 0 Å². The van der Waals surface area contributed by atoms with Gasteiger partial charge in [0.15, 0.2) is 0 Å². The molecule has 1 rings (SSSR count). The van der Waals surface area contributed by atoms with Crippen LogP contribution in [-0.4, -0.2) is 6.61 Å². The van der Waals surface area contributed by atoms with E-state index < -0.39 is 0 Å². The van der Waals surface area contributed by atoms with Crippen LogP contribution in [0, 0.1) is 0 Å². The summed E-state index contributed by atoms with van der Waals surface area (Å²) in [6, 6.07) is 5.83. The molecule has 0 aliphatic carbocycles. The van der Waals surface area contributed by atoms with Crippen LogP contribution in [0.5, 0.6) is 5.75 Å². The molecule has 1 aromatic rings. The number of rotatable bonds is 5. The zero-order valence-electron chi connectivity index (χ0n) is 10.2. The Morgan fingerprint density at radius 2 is 2.19 bits per heavy atom. The summed E-state index contributed by atoms with van der Waals surface area (Å²) in [5.41, 5.74) is 1.19. The highest BCUT2D eigenvalue weighted by Gasteiger charge is 2.11. The maximum absolute atomic E-state index is 6.02. The topological polar surface area (TPSA) is 9.23 Å². The van der Waals surface area contributed by atoms with Gasteiger partial charge in [-0.1, -0.05) is 30.7 Å². The second-order valence-corrected chi connectivity index (χ2v) is 4.26. The summed E-state index contributed by atoms with van der Waals surface area (Å²) in [5, 5.41) is 0.769. The minimum atomic E-state index is 0.427. The second-order valence-electron chi connectivity index (χ2n) is 3.82. The van der Waals surface area contributed by atoms with Gasteiger partial charge >= 0.3 is 0 Å². The molecular weight excluding hydrogens is 220 g/mol. The molecular formula is C14H19ClO. The molecule has 0 saturated heterocycles. The lowest BCUT2D eigenvalue weighted by molar-refractivity contribution is 0.334. The first kappa shape index (κ1) is 13.1. The highest BCUT2D eigenvalue weighted by Crippen LogP contribution is 2.31. The van der Waals surface area contributed by atoms with E-state index in [2.05, 4.69) is 19.1 Å². The average Bonchev–Trinajstić information content (AvgIpc) is 2.28. The van der Waals surface area contributed by atoms with Crippen molar-refractivity contribution in [3.63, 3.8) is 0 Å². The van der Waals surface area contributed by atoms with Crippen molar-refractivity contribution < 1.29 is 4.74 Å². The number of hydrogen-bond donors (Lipinski definition) is 0. The van der Waals surface area contributed by atoms with Crippen molar-refractivity contribution in [2.24, 2.45) is 0 Å². The maximum Gasteiger partial charge on any atom is 0.122 e. The Hall–Kier alpha value is -0.950. The molecule has 1 unspecified atom stereocenters. The average molecular weight is 239 g/mol. The molecule has 0 aromatic heterocycles. The van der Waals surface area contributed by atoms with Crippen molar-refractivity contribution >= 4 is 11.6 Å². The Morgan fingerprint density at radius 1 is 1.44 bits per heavy atom. The van der Waals surface area contributed by atoms with Crippen molar-refractivity contribution in [1.29, 1.82) is 0 Å². The molecule has 88 valence electrons. The van der Waals surface area contributed by atoms with Gasteiger partial charge in [0.25, 0.3) is 0 Å². The van der Waals surface area contributed by atoms with Crippen LogP contribution < -0.4 is 4.74 Å². The highest BCUT2D eigenvalue weighted by atomic mass is 35.5. The molecule has 1 aromatic carbocycles. The Balaban J connectivity index is 2.93. The summed E-state index contributed by atoms with van der Waals surface area (Å²) < 4.78 is 5.61. The minimum Gasteiger partial charge on any atom is -0.494 e. The first-order valence-corrected chi connectivity index (χ1v) is 6.10. The minimum absolute atomic E-state index is 0.427. The van der Waals surface area contributed by atoms with Gasteiger partial charge in [-0.05, 0) is 49.9 Å². The quantitative estimate of drug-likeness (QED) is 0.669. The fraction of sp³-hybridized carbons (Fsp3) is 0.429. The molecule has 0 bridgehead atoms. The van der Waals surface area contributed by atoms with Crippen LogP contribution in [0.3, 0.4) is 0 Å². The highest BCUT2D eigenvalue weighted by molar-refractivity contribution is 6.30. The van der Waals surface area contributed by atoms with Crippen molar-refractivity contribution in [3.8, 4) is 5.75 Å². The van der Waals surface area contributed by atoms with Crippen molar-refractivity contribution in [3.05, 3.63) is 40.9 Å². The Bertz CT molecular complexity index is 358. The van der Waals surface area contributed by atoms with Crippen LogP contribution in [0.1, 0.15) is 38.7 Å². The third-order valence-electron chi connectivity index (χ3n) is 2.53. The van der Waals surface area contributed by atoms with Gasteiger partial charge in [0, 0.05) is 5.02 Å². The third kappa shape index (κ3) is 3.57. The lowest BCUT2D eigenvalue weighted by Crippen LogP contribution is -2.00. The van der Waals surface area contributed by atoms with E-state index in [0.717, 1.165) is 17.2 Å². The van der Waals surface area contributed by atoms with Gasteiger partial charge < -0.3 is 4.74 Å². The molecule has 2 heteroatoms. The number of ether oxygens (including phenoxy) is 1. The molecule has 16 heavy (non-hydrogen) atoms. The molecule has 0 aliphatic rings. The monoisotopic (exact) mass is 238 g/mol. The summed E-state index contributed by atoms with van der Waals surface area (Å²) in [6.45, 7) is 6.91. The maximum atomic E-state index is 6.02. The molecule has 0 heterocycles. The van der Waals surface area contributed by atoms with Gasteiger partial charge in [0.2, 0.25) is 0 Å². The van der Waals surface area contributed by atoms with Gasteiger partial charge in [0.1, 0.15) is 5.75 Å². The molecule has 0 fully saturated rings. The third-order valence-corrected chi connectivity index (χ3v) is 2.76. The van der Waals surface area contributed by atoms with E-state index in [0.29, 0.717) is 12.5 Å². The fourth-order valence-electron chi connectivity index (χ4n) is 1.66. The van der Waals surface area contributed by atoms with E-state index in [1.807, 2.05) is 32.0 Å². The largest absolute Gasteiger partial charge is 0.494 e. The van der Waals surface area contributed by atoms with Gasteiger partial charge in [-0.25, -0.2) is 0 Å². The second kappa shape index (κ2) is 6.59. The van der Waals surface area contributed by atoms with Crippen molar-refractivity contribution in [2.75, 3.05) is 6.61 Å². The summed E-state index contributed by atoms with van der Waals surface area (Å²) in [6.07, 6.45) is 5.25. The van der Waals surface area contributed by atoms with E-state index in [1.54, 1.807) is 0 Å². The molecule has 1 nitrogen and oxygen atoms in total. The number of halogens is 1. The lowest BCUT2D eigenvalue weighted by Gasteiger charge is -2.15. The van der Waals surface area contributed by atoms with Gasteiger partial charge in [0.05, 0.1) is 6.61 Å². The first-order chi connectivity index (χ1) is 7.69. The zero-order chi connectivity index (χ0) is 12.0. The molecule has 1 atom stereocenters. The number of benzene rings is 1. The standard InChI is InChI=1S/C14H19ClO/c1-4-6-7-11(3)13-10-12(15)8-9-14(13)16-5-2/h4,6,8-11H,5,7H2,1-3H3/b6-4-. The van der Waals surface area contributed by atoms with E-state index in [1.165, 1.54) is 5.56 Å². The normalized spacial score (nSPS) is 13.0. The van der Waals surface area contributed by atoms with E-state index in [9.17, 15) is 0 Å². The predicted octanol–water partition coefficient (Wildman–Crippen LogP) is 4.81. The molecule has 0 spiro atoms. The van der Waals surface area contributed by atoms with E-state index in [4.69, 9.17) is 16.3 Å². The fourth-order valence-corrected chi connectivity index (χ4v) is 1.84. The summed E-state index contributed by atoms with van der Waals surface area (Å²) in [7, 11) is 0. The van der Waals surface area contributed by atoms with Crippen LogP contribution in [0.2, 0.25) is 5.02 Å². The van der Waals surface area contributed by atoms with Gasteiger partial charge in [-0.15, -0.1) is 0 Å². The van der Waals surface area contributed by atoms with Crippen LogP contribution >= 0.6 is 11.6 Å². The van der Waals surface area contributed by atoms with Crippen LogP contribution in [0.4, 0.5) is 0 Å². The Morgan fingerprint density at radius 3 is 2.81 bits per heavy atom. The Labute approximate surface area is 103 Å². The van der Waals surface area contributed by atoms with E-state index in [-0.39, 0.29) is 0 Å². The van der Waals surface area contributed by atoms with Crippen molar-refractivity contribution in [2.45, 2.75) is 33.1 Å². The van der Waals surface area contributed by atoms with Crippen LogP contribution in [0.15, 0.2) is 30.4 Å². The molecule has 0 N–H and O–H groups in total. The molecule has 0 saturated carbocycles. The summed E-state index contributed by atoms with van der Waals surface area (Å²) in [5.74, 6) is 1.38. The Kier molecular flexibility index (Phi) is 5.41. The summed E-state index contributed by atoms with van der Waals surface area (Å²) in [4.78, 5) is 0. The summed E-state index contributed by atoms with van der Waals surface area (Å²) >= 11 is 6.02. The lowest BCUT2D eigenvalue weighted by atomic mass is 9.96. The van der Waals surface area contributed by atoms with Crippen molar-refractivity contribution in [1.82, 2.24) is 0 Å². The van der Waals surface area contributed by atoms with Crippen LogP contribution in [-0.2, 0) is 0 Å². The predicted molar refractivity (Wildman–Crippen MR) is 70.5 cm³/mol. The smallest absolute Gasteiger partial charge is 0.122 e. The molecule has 0 radical (unpaired) electrons. The SMILES string of the molecule is C/C=C\CC(C)c1cc(Cl)ccc1OCC. The molecule has 0 aliphatic heterocycles. The first-order valence-electron chi connectivity index (χ1n) is 5.72. The number of allylic oxidation sites excluding steroid dienone is 2. The van der Waals surface area contributed by atoms with Crippen LogP contribution in [0.25, 0.3) is 0 Å². The van der Waals surface area contributed by atoms with Gasteiger partial charge in [-0.3, -0.25) is 0 Å². The zero-order valence-corrected chi connectivity index (χ0v) is 10.9. The number of hydrogen-bond acceptors (Lipinski definition) is 1. The van der Waals surface area contributed by atoms with E-state index >= 15 is 0 Å². The molecule has 0 amide bonds.